The number of hydrogen-bond donors (Lipinski definition) is 1. The van der Waals surface area contributed by atoms with Gasteiger partial charge < -0.3 is 5.32 Å². The number of aryl methyl sites for hydroxylation is 1. The predicted octanol–water partition coefficient (Wildman–Crippen LogP) is 3.76. The molecule has 0 radical (unpaired) electrons. The summed E-state index contributed by atoms with van der Waals surface area (Å²) < 4.78 is 40.4. The molecule has 0 saturated carbocycles. The highest BCUT2D eigenvalue weighted by Crippen LogP contribution is 2.30. The molecule has 0 aliphatic carbocycles. The van der Waals surface area contributed by atoms with Crippen LogP contribution in [0.25, 0.3) is 5.69 Å². The lowest BCUT2D eigenvalue weighted by Crippen LogP contribution is -2.25. The van der Waals surface area contributed by atoms with E-state index in [1.54, 1.807) is 38.4 Å². The van der Waals surface area contributed by atoms with Crippen LogP contribution in [-0.2, 0) is 23.9 Å². The van der Waals surface area contributed by atoms with Crippen LogP contribution < -0.4 is 5.32 Å². The van der Waals surface area contributed by atoms with Gasteiger partial charge in [0.15, 0.2) is 0 Å². The Balaban J connectivity index is 1.78. The first kappa shape index (κ1) is 19.6. The van der Waals surface area contributed by atoms with Crippen LogP contribution in [0.1, 0.15) is 28.1 Å². The Labute approximate surface area is 160 Å². The van der Waals surface area contributed by atoms with Crippen molar-refractivity contribution >= 4 is 5.91 Å². The molecule has 8 heteroatoms. The Morgan fingerprint density at radius 1 is 1.18 bits per heavy atom. The van der Waals surface area contributed by atoms with Crippen LogP contribution in [0.2, 0.25) is 0 Å². The fourth-order valence-corrected chi connectivity index (χ4v) is 2.92. The van der Waals surface area contributed by atoms with Crippen LogP contribution in [0, 0.1) is 13.8 Å². The van der Waals surface area contributed by atoms with Gasteiger partial charge in [0, 0.05) is 30.2 Å². The van der Waals surface area contributed by atoms with E-state index in [1.807, 2.05) is 6.07 Å². The zero-order valence-electron chi connectivity index (χ0n) is 15.4. The standard InChI is InChI=1S/C20H19F3N4O/c1-13-18(10-19(28)25-12-15-5-4-8-24-11-15)14(2)27(26-13)17-7-3-6-16(9-17)20(21,22)23/h3-9,11H,10,12H2,1-2H3,(H,25,28). The van der Waals surface area contributed by atoms with Crippen LogP contribution in [0.15, 0.2) is 48.8 Å². The van der Waals surface area contributed by atoms with Crippen molar-refractivity contribution in [2.24, 2.45) is 0 Å². The molecule has 1 amide bonds. The normalized spacial score (nSPS) is 11.5. The van der Waals surface area contributed by atoms with Crippen molar-refractivity contribution < 1.29 is 18.0 Å². The van der Waals surface area contributed by atoms with Crippen LogP contribution >= 0.6 is 0 Å². The second-order valence-electron chi connectivity index (χ2n) is 6.42. The quantitative estimate of drug-likeness (QED) is 0.724. The molecule has 0 saturated heterocycles. The molecule has 0 unspecified atom stereocenters. The molecule has 0 fully saturated rings. The number of carbonyl (C=O) groups excluding carboxylic acids is 1. The molecule has 1 N–H and O–H groups in total. The number of rotatable bonds is 5. The minimum Gasteiger partial charge on any atom is -0.352 e. The monoisotopic (exact) mass is 388 g/mol. The zero-order valence-corrected chi connectivity index (χ0v) is 15.4. The summed E-state index contributed by atoms with van der Waals surface area (Å²) in [5.41, 5.74) is 2.37. The van der Waals surface area contributed by atoms with Gasteiger partial charge in [-0.15, -0.1) is 0 Å². The topological polar surface area (TPSA) is 59.8 Å². The third kappa shape index (κ3) is 4.39. The van der Waals surface area contributed by atoms with Gasteiger partial charge in [0.2, 0.25) is 5.91 Å². The summed E-state index contributed by atoms with van der Waals surface area (Å²) in [4.78, 5) is 16.3. The maximum Gasteiger partial charge on any atom is 0.416 e. The Morgan fingerprint density at radius 3 is 2.64 bits per heavy atom. The van der Waals surface area contributed by atoms with E-state index in [9.17, 15) is 18.0 Å². The smallest absolute Gasteiger partial charge is 0.352 e. The van der Waals surface area contributed by atoms with E-state index in [2.05, 4.69) is 15.4 Å². The minimum absolute atomic E-state index is 0.0941. The first-order valence-corrected chi connectivity index (χ1v) is 8.64. The van der Waals surface area contributed by atoms with Gasteiger partial charge in [-0.25, -0.2) is 4.68 Å². The van der Waals surface area contributed by atoms with Gasteiger partial charge in [0.25, 0.3) is 0 Å². The van der Waals surface area contributed by atoms with Gasteiger partial charge in [0.1, 0.15) is 0 Å². The molecule has 2 heterocycles. The lowest BCUT2D eigenvalue weighted by Gasteiger charge is -2.10. The number of nitrogens with zero attached hydrogens (tertiary/aromatic N) is 3. The summed E-state index contributed by atoms with van der Waals surface area (Å²) in [6, 6.07) is 8.60. The van der Waals surface area contributed by atoms with Gasteiger partial charge in [-0.1, -0.05) is 12.1 Å². The number of alkyl halides is 3. The van der Waals surface area contributed by atoms with Crippen LogP contribution in [-0.4, -0.2) is 20.7 Å². The van der Waals surface area contributed by atoms with E-state index in [1.165, 1.54) is 10.7 Å². The molecule has 0 spiro atoms. The Hall–Kier alpha value is -3.16. The number of benzene rings is 1. The molecule has 0 aliphatic heterocycles. The van der Waals surface area contributed by atoms with E-state index in [0.29, 0.717) is 29.2 Å². The highest BCUT2D eigenvalue weighted by Gasteiger charge is 2.30. The molecular weight excluding hydrogens is 369 g/mol. The first-order chi connectivity index (χ1) is 13.3. The average Bonchev–Trinajstić information content (AvgIpc) is 2.95. The fraction of sp³-hybridized carbons (Fsp3) is 0.250. The first-order valence-electron chi connectivity index (χ1n) is 8.64. The van der Waals surface area contributed by atoms with E-state index in [-0.39, 0.29) is 12.3 Å². The van der Waals surface area contributed by atoms with Crippen molar-refractivity contribution in [1.29, 1.82) is 0 Å². The lowest BCUT2D eigenvalue weighted by molar-refractivity contribution is -0.137. The molecule has 0 aliphatic rings. The highest BCUT2D eigenvalue weighted by atomic mass is 19.4. The van der Waals surface area contributed by atoms with Crippen LogP contribution in [0.4, 0.5) is 13.2 Å². The summed E-state index contributed by atoms with van der Waals surface area (Å²) in [6.45, 7) is 3.83. The third-order valence-corrected chi connectivity index (χ3v) is 4.41. The van der Waals surface area contributed by atoms with Gasteiger partial charge in [-0.2, -0.15) is 18.3 Å². The molecular formula is C20H19F3N4O. The minimum atomic E-state index is -4.43. The lowest BCUT2D eigenvalue weighted by atomic mass is 10.1. The Bertz CT molecular complexity index is 981. The number of halogens is 3. The Morgan fingerprint density at radius 2 is 1.96 bits per heavy atom. The number of nitrogens with one attached hydrogen (secondary N) is 1. The van der Waals surface area contributed by atoms with Crippen LogP contribution in [0.3, 0.4) is 0 Å². The van der Waals surface area contributed by atoms with Gasteiger partial charge in [-0.3, -0.25) is 9.78 Å². The largest absolute Gasteiger partial charge is 0.416 e. The second kappa shape index (κ2) is 7.84. The van der Waals surface area contributed by atoms with Crippen molar-refractivity contribution in [3.63, 3.8) is 0 Å². The van der Waals surface area contributed by atoms with E-state index < -0.39 is 11.7 Å². The average molecular weight is 388 g/mol. The van der Waals surface area contributed by atoms with Gasteiger partial charge in [-0.05, 0) is 43.7 Å². The van der Waals surface area contributed by atoms with Gasteiger partial charge in [0.05, 0.1) is 23.4 Å². The molecule has 1 aromatic carbocycles. The predicted molar refractivity (Wildman–Crippen MR) is 97.8 cm³/mol. The van der Waals surface area contributed by atoms with Crippen molar-refractivity contribution in [2.45, 2.75) is 33.0 Å². The van der Waals surface area contributed by atoms with Crippen LogP contribution in [0.5, 0.6) is 0 Å². The molecule has 3 aromatic rings. The zero-order chi connectivity index (χ0) is 20.3. The molecule has 2 aromatic heterocycles. The van der Waals surface area contributed by atoms with Crippen molar-refractivity contribution in [3.05, 3.63) is 76.9 Å². The number of carbonyl (C=O) groups is 1. The molecule has 5 nitrogen and oxygen atoms in total. The van der Waals surface area contributed by atoms with E-state index in [4.69, 9.17) is 0 Å². The number of pyridine rings is 1. The fourth-order valence-electron chi connectivity index (χ4n) is 2.92. The van der Waals surface area contributed by atoms with Gasteiger partial charge >= 0.3 is 6.18 Å². The summed E-state index contributed by atoms with van der Waals surface area (Å²) >= 11 is 0. The van der Waals surface area contributed by atoms with E-state index >= 15 is 0 Å². The number of hydrogen-bond acceptors (Lipinski definition) is 3. The molecule has 0 atom stereocenters. The SMILES string of the molecule is Cc1nn(-c2cccc(C(F)(F)F)c2)c(C)c1CC(=O)NCc1cccnc1. The summed E-state index contributed by atoms with van der Waals surface area (Å²) in [7, 11) is 0. The van der Waals surface area contributed by atoms with Crippen molar-refractivity contribution in [2.75, 3.05) is 0 Å². The summed E-state index contributed by atoms with van der Waals surface area (Å²) in [6.07, 6.45) is -1.01. The Kier molecular flexibility index (Phi) is 5.48. The molecule has 3 rings (SSSR count). The van der Waals surface area contributed by atoms with Crippen molar-refractivity contribution in [1.82, 2.24) is 20.1 Å². The maximum absolute atomic E-state index is 13.0. The summed E-state index contributed by atoms with van der Waals surface area (Å²) in [5, 5.41) is 7.15. The van der Waals surface area contributed by atoms with E-state index in [0.717, 1.165) is 17.7 Å². The number of amides is 1. The highest BCUT2D eigenvalue weighted by molar-refractivity contribution is 5.79. The molecule has 146 valence electrons. The number of aromatic nitrogens is 3. The molecule has 0 bridgehead atoms. The maximum atomic E-state index is 13.0. The van der Waals surface area contributed by atoms with Crippen molar-refractivity contribution in [3.8, 4) is 5.69 Å². The molecule has 28 heavy (non-hydrogen) atoms. The second-order valence-corrected chi connectivity index (χ2v) is 6.42. The summed E-state index contributed by atoms with van der Waals surface area (Å²) in [5.74, 6) is -0.196. The third-order valence-electron chi connectivity index (χ3n) is 4.41.